The molecule has 1 unspecified atom stereocenters. The van der Waals surface area contributed by atoms with Crippen molar-refractivity contribution in [1.29, 1.82) is 0 Å². The van der Waals surface area contributed by atoms with Crippen molar-refractivity contribution < 1.29 is 9.84 Å². The minimum Gasteiger partial charge on any atom is -0.393 e. The van der Waals surface area contributed by atoms with Gasteiger partial charge in [-0.2, -0.15) is 0 Å². The van der Waals surface area contributed by atoms with Crippen LogP contribution in [0, 0.1) is 0 Å². The molecule has 0 aromatic heterocycles. The normalized spacial score (nSPS) is 14.8. The molecule has 0 fully saturated rings. The lowest BCUT2D eigenvalue weighted by molar-refractivity contribution is -0.00871. The summed E-state index contributed by atoms with van der Waals surface area (Å²) in [5.74, 6) is 0. The van der Waals surface area contributed by atoms with Crippen LogP contribution in [-0.4, -0.2) is 23.4 Å². The molecule has 2 heteroatoms. The Morgan fingerprint density at radius 3 is 2.33 bits per heavy atom. The molecule has 12 heavy (non-hydrogen) atoms. The quantitative estimate of drug-likeness (QED) is 0.648. The highest BCUT2D eigenvalue weighted by atomic mass is 16.5. The van der Waals surface area contributed by atoms with Crippen molar-refractivity contribution in [2.75, 3.05) is 6.61 Å². The summed E-state index contributed by atoms with van der Waals surface area (Å²) in [4.78, 5) is 0. The average Bonchev–Trinajstić information content (AvgIpc) is 1.96. The minimum absolute atomic E-state index is 0.0445. The Morgan fingerprint density at radius 1 is 1.33 bits per heavy atom. The van der Waals surface area contributed by atoms with Crippen LogP contribution in [0.4, 0.5) is 0 Å². The summed E-state index contributed by atoms with van der Waals surface area (Å²) in [6.45, 7) is 8.88. The van der Waals surface area contributed by atoms with E-state index in [1.807, 2.05) is 27.7 Å². The third-order valence-corrected chi connectivity index (χ3v) is 1.69. The molecule has 0 spiro atoms. The van der Waals surface area contributed by atoms with Crippen LogP contribution in [0.15, 0.2) is 0 Å². The summed E-state index contributed by atoms with van der Waals surface area (Å²) in [7, 11) is 0. The molecule has 0 bridgehead atoms. The van der Waals surface area contributed by atoms with Crippen molar-refractivity contribution in [3.8, 4) is 0 Å². The fourth-order valence-electron chi connectivity index (χ4n) is 0.901. The van der Waals surface area contributed by atoms with Gasteiger partial charge in [-0.3, -0.25) is 0 Å². The Bertz CT molecular complexity index is 105. The Kier molecular flexibility index (Phi) is 5.51. The Hall–Kier alpha value is -0.0800. The maximum atomic E-state index is 9.23. The summed E-state index contributed by atoms with van der Waals surface area (Å²) in [6.07, 6.45) is 2.50. The fraction of sp³-hybridized carbons (Fsp3) is 1.00. The number of hydrogen-bond donors (Lipinski definition) is 1. The molecule has 0 saturated heterocycles. The molecule has 1 N–H and O–H groups in total. The van der Waals surface area contributed by atoms with Crippen molar-refractivity contribution in [3.05, 3.63) is 0 Å². The molecule has 0 aromatic carbocycles. The second-order valence-corrected chi connectivity index (χ2v) is 4.17. The zero-order chi connectivity index (χ0) is 9.61. The molecule has 0 aliphatic rings. The van der Waals surface area contributed by atoms with Gasteiger partial charge in [-0.15, -0.1) is 0 Å². The Morgan fingerprint density at radius 2 is 1.92 bits per heavy atom. The van der Waals surface area contributed by atoms with Crippen molar-refractivity contribution in [2.24, 2.45) is 0 Å². The van der Waals surface area contributed by atoms with Crippen LogP contribution in [0.25, 0.3) is 0 Å². The van der Waals surface area contributed by atoms with E-state index >= 15 is 0 Å². The van der Waals surface area contributed by atoms with Gasteiger partial charge in [-0.05, 0) is 40.0 Å². The van der Waals surface area contributed by atoms with Crippen LogP contribution in [-0.2, 0) is 4.74 Å². The van der Waals surface area contributed by atoms with Gasteiger partial charge in [0.2, 0.25) is 0 Å². The van der Waals surface area contributed by atoms with E-state index in [4.69, 9.17) is 4.74 Å². The third-order valence-electron chi connectivity index (χ3n) is 1.69. The van der Waals surface area contributed by atoms with E-state index in [0.29, 0.717) is 0 Å². The van der Waals surface area contributed by atoms with Crippen molar-refractivity contribution in [1.82, 2.24) is 0 Å². The van der Waals surface area contributed by atoms with Crippen LogP contribution in [0.2, 0.25) is 0 Å². The number of rotatable bonds is 5. The van der Waals surface area contributed by atoms with E-state index in [-0.39, 0.29) is 11.7 Å². The van der Waals surface area contributed by atoms with E-state index in [0.717, 1.165) is 25.9 Å². The van der Waals surface area contributed by atoms with Crippen LogP contribution in [0.1, 0.15) is 47.0 Å². The van der Waals surface area contributed by atoms with Gasteiger partial charge in [-0.1, -0.05) is 6.92 Å². The van der Waals surface area contributed by atoms with Gasteiger partial charge >= 0.3 is 0 Å². The lowest BCUT2D eigenvalue weighted by Crippen LogP contribution is -2.20. The van der Waals surface area contributed by atoms with Gasteiger partial charge in [0.1, 0.15) is 0 Å². The van der Waals surface area contributed by atoms with Crippen LogP contribution in [0.5, 0.6) is 0 Å². The fourth-order valence-corrected chi connectivity index (χ4v) is 0.901. The number of aliphatic hydroxyl groups excluding tert-OH is 1. The Labute approximate surface area is 75.9 Å². The predicted molar refractivity (Wildman–Crippen MR) is 51.2 cm³/mol. The van der Waals surface area contributed by atoms with Crippen LogP contribution < -0.4 is 0 Å². The van der Waals surface area contributed by atoms with Gasteiger partial charge in [0.05, 0.1) is 11.7 Å². The summed E-state index contributed by atoms with van der Waals surface area (Å²) >= 11 is 0. The molecule has 0 aliphatic carbocycles. The number of aliphatic hydroxyl groups is 1. The largest absolute Gasteiger partial charge is 0.393 e. The molecule has 0 aliphatic heterocycles. The second-order valence-electron chi connectivity index (χ2n) is 4.17. The van der Waals surface area contributed by atoms with Crippen molar-refractivity contribution in [3.63, 3.8) is 0 Å². The highest BCUT2D eigenvalue weighted by molar-refractivity contribution is 4.59. The van der Waals surface area contributed by atoms with E-state index in [9.17, 15) is 5.11 Å². The van der Waals surface area contributed by atoms with Gasteiger partial charge in [0.25, 0.3) is 0 Å². The first-order valence-electron chi connectivity index (χ1n) is 4.77. The highest BCUT2D eigenvalue weighted by Crippen LogP contribution is 2.09. The average molecular weight is 174 g/mol. The van der Waals surface area contributed by atoms with Crippen LogP contribution >= 0.6 is 0 Å². The molecule has 74 valence electrons. The molecule has 0 rings (SSSR count). The van der Waals surface area contributed by atoms with Crippen LogP contribution in [0.3, 0.4) is 0 Å². The summed E-state index contributed by atoms with van der Waals surface area (Å²) in [5, 5.41) is 9.23. The first-order chi connectivity index (χ1) is 5.45. The lowest BCUT2D eigenvalue weighted by Gasteiger charge is -2.19. The smallest absolute Gasteiger partial charge is 0.0598 e. The maximum absolute atomic E-state index is 9.23. The monoisotopic (exact) mass is 174 g/mol. The molecule has 0 heterocycles. The van der Waals surface area contributed by atoms with Gasteiger partial charge < -0.3 is 9.84 Å². The minimum atomic E-state index is -0.145. The first-order valence-corrected chi connectivity index (χ1v) is 4.77. The van der Waals surface area contributed by atoms with Gasteiger partial charge in [0.15, 0.2) is 0 Å². The number of ether oxygens (including phenoxy) is 1. The van der Waals surface area contributed by atoms with Gasteiger partial charge in [0, 0.05) is 6.61 Å². The van der Waals surface area contributed by atoms with E-state index < -0.39 is 0 Å². The standard InChI is InChI=1S/C10H22O2/c1-5-9(11)7-6-8-12-10(2,3)4/h9,11H,5-8H2,1-4H3. The molecule has 0 radical (unpaired) electrons. The zero-order valence-corrected chi connectivity index (χ0v) is 8.76. The summed E-state index contributed by atoms with van der Waals surface area (Å²) < 4.78 is 5.51. The summed E-state index contributed by atoms with van der Waals surface area (Å²) in [5.41, 5.74) is -0.0445. The molecule has 1 atom stereocenters. The molecule has 0 saturated carbocycles. The molecule has 2 nitrogen and oxygen atoms in total. The van der Waals surface area contributed by atoms with Crippen molar-refractivity contribution in [2.45, 2.75) is 58.7 Å². The zero-order valence-electron chi connectivity index (χ0n) is 8.76. The lowest BCUT2D eigenvalue weighted by atomic mass is 10.1. The molecule has 0 amide bonds. The Balaban J connectivity index is 3.22. The van der Waals surface area contributed by atoms with E-state index in [1.54, 1.807) is 0 Å². The highest BCUT2D eigenvalue weighted by Gasteiger charge is 2.09. The van der Waals surface area contributed by atoms with E-state index in [2.05, 4.69) is 0 Å². The molecular weight excluding hydrogens is 152 g/mol. The molecular formula is C10H22O2. The topological polar surface area (TPSA) is 29.5 Å². The predicted octanol–water partition coefficient (Wildman–Crippen LogP) is 2.35. The van der Waals surface area contributed by atoms with Gasteiger partial charge in [-0.25, -0.2) is 0 Å². The van der Waals surface area contributed by atoms with E-state index in [1.165, 1.54) is 0 Å². The SMILES string of the molecule is CCC(O)CCCOC(C)(C)C. The maximum Gasteiger partial charge on any atom is 0.0598 e. The number of hydrogen-bond acceptors (Lipinski definition) is 2. The third kappa shape index (κ3) is 8.02. The second kappa shape index (κ2) is 5.55. The summed E-state index contributed by atoms with van der Waals surface area (Å²) in [6, 6.07) is 0. The first kappa shape index (κ1) is 11.9. The molecule has 0 aromatic rings. The van der Waals surface area contributed by atoms with Crippen molar-refractivity contribution >= 4 is 0 Å².